The molecule has 1 heterocycles. The highest BCUT2D eigenvalue weighted by molar-refractivity contribution is 5.82. The number of nitrogens with zero attached hydrogens (tertiary/aromatic N) is 2. The summed E-state index contributed by atoms with van der Waals surface area (Å²) < 4.78 is 0. The van der Waals surface area contributed by atoms with Crippen molar-refractivity contribution in [3.05, 3.63) is 35.9 Å². The van der Waals surface area contributed by atoms with E-state index in [1.807, 2.05) is 26.8 Å². The zero-order valence-electron chi connectivity index (χ0n) is 20.0. The van der Waals surface area contributed by atoms with Gasteiger partial charge in [-0.2, -0.15) is 0 Å². The Hall–Kier alpha value is -1.43. The summed E-state index contributed by atoms with van der Waals surface area (Å²) in [6.07, 6.45) is 5.58. The van der Waals surface area contributed by atoms with Crippen LogP contribution in [0.3, 0.4) is 0 Å². The number of amides is 1. The van der Waals surface area contributed by atoms with E-state index in [4.69, 9.17) is 0 Å². The van der Waals surface area contributed by atoms with Crippen molar-refractivity contribution in [2.45, 2.75) is 84.0 Å². The minimum atomic E-state index is -0.464. The van der Waals surface area contributed by atoms with Gasteiger partial charge in [-0.05, 0) is 57.6 Å². The van der Waals surface area contributed by atoms with Gasteiger partial charge in [0.25, 0.3) is 0 Å². The number of carbonyl (C=O) groups excluding carboxylic acids is 1. The van der Waals surface area contributed by atoms with Crippen LogP contribution in [0.4, 0.5) is 0 Å². The summed E-state index contributed by atoms with van der Waals surface area (Å²) in [7, 11) is 0. The maximum absolute atomic E-state index is 13.2. The second-order valence-electron chi connectivity index (χ2n) is 10.7. The first-order valence-corrected chi connectivity index (χ1v) is 12.3. The van der Waals surface area contributed by atoms with E-state index in [9.17, 15) is 9.90 Å². The molecular weight excluding hydrogens is 386 g/mol. The third-order valence-electron chi connectivity index (χ3n) is 6.91. The van der Waals surface area contributed by atoms with E-state index in [2.05, 4.69) is 46.3 Å². The topological polar surface area (TPSA) is 55.8 Å². The number of benzene rings is 1. The highest BCUT2D eigenvalue weighted by atomic mass is 16.3. The fourth-order valence-electron chi connectivity index (χ4n) is 5.40. The van der Waals surface area contributed by atoms with E-state index < -0.39 is 6.10 Å². The van der Waals surface area contributed by atoms with Gasteiger partial charge >= 0.3 is 0 Å². The van der Waals surface area contributed by atoms with Crippen LogP contribution in [0.15, 0.2) is 30.3 Å². The van der Waals surface area contributed by atoms with Crippen LogP contribution in [0.2, 0.25) is 0 Å². The lowest BCUT2D eigenvalue weighted by Gasteiger charge is -2.46. The monoisotopic (exact) mass is 429 g/mol. The molecule has 2 N–H and O–H groups in total. The van der Waals surface area contributed by atoms with Crippen LogP contribution in [0.25, 0.3) is 0 Å². The predicted octanol–water partition coefficient (Wildman–Crippen LogP) is 3.66. The van der Waals surface area contributed by atoms with Crippen LogP contribution in [0.1, 0.15) is 65.4 Å². The number of likely N-dealkylation sites (tertiary alicyclic amines) is 1. The zero-order valence-corrected chi connectivity index (χ0v) is 20.0. The highest BCUT2D eigenvalue weighted by Crippen LogP contribution is 2.38. The number of nitrogens with one attached hydrogen (secondary N) is 1. The second kappa shape index (κ2) is 10.9. The van der Waals surface area contributed by atoms with Crippen molar-refractivity contribution in [1.29, 1.82) is 0 Å². The van der Waals surface area contributed by atoms with Gasteiger partial charge in [-0.1, -0.05) is 56.5 Å². The number of carbonyl (C=O) groups is 1. The Labute approximate surface area is 189 Å². The Morgan fingerprint density at radius 2 is 1.87 bits per heavy atom. The number of likely N-dealkylation sites (N-methyl/N-ethyl adjacent to an activating group) is 1. The standard InChI is InChI=1S/C26H43N3O2/c1-5-28(16-20-11-7-6-8-12-20)18-23(30)19-29-17-22-14-10-9-13-21(22)15-24(29)25(31)27-26(2,3)4/h6-8,11-12,21-24,30H,5,9-10,13-19H2,1-4H3,(H,27,31)/t21-,22+,23+,24-/m0/s1. The summed E-state index contributed by atoms with van der Waals surface area (Å²) in [6, 6.07) is 10.3. The molecule has 2 aliphatic rings. The lowest BCUT2D eigenvalue weighted by atomic mass is 9.72. The van der Waals surface area contributed by atoms with Gasteiger partial charge in [-0.25, -0.2) is 0 Å². The van der Waals surface area contributed by atoms with Crippen molar-refractivity contribution >= 4 is 5.91 Å². The SMILES string of the molecule is CCN(Cc1ccccc1)C[C@@H](O)CN1C[C@H]2CCCC[C@H]2C[C@H]1C(=O)NC(C)(C)C. The average molecular weight is 430 g/mol. The molecule has 0 spiro atoms. The summed E-state index contributed by atoms with van der Waals surface area (Å²) in [4.78, 5) is 17.7. The van der Waals surface area contributed by atoms with Gasteiger partial charge in [0.1, 0.15) is 0 Å². The van der Waals surface area contributed by atoms with Crippen LogP contribution in [-0.4, -0.2) is 64.7 Å². The maximum atomic E-state index is 13.2. The first kappa shape index (κ1) is 24.2. The van der Waals surface area contributed by atoms with Crippen molar-refractivity contribution in [3.8, 4) is 0 Å². The fraction of sp³-hybridized carbons (Fsp3) is 0.731. The minimum Gasteiger partial charge on any atom is -0.390 e. The Kier molecular flexibility index (Phi) is 8.54. The molecule has 31 heavy (non-hydrogen) atoms. The molecule has 5 heteroatoms. The molecule has 0 aromatic heterocycles. The number of rotatable bonds is 8. The fourth-order valence-corrected chi connectivity index (χ4v) is 5.40. The molecule has 1 saturated carbocycles. The third kappa shape index (κ3) is 7.30. The number of hydrogen-bond donors (Lipinski definition) is 2. The highest BCUT2D eigenvalue weighted by Gasteiger charge is 2.41. The van der Waals surface area contributed by atoms with Crippen LogP contribution < -0.4 is 5.32 Å². The zero-order chi connectivity index (χ0) is 22.4. The molecule has 1 aromatic rings. The number of aliphatic hydroxyl groups excluding tert-OH is 1. The summed E-state index contributed by atoms with van der Waals surface area (Å²) in [5.74, 6) is 1.45. The van der Waals surface area contributed by atoms with E-state index in [0.717, 1.165) is 26.1 Å². The maximum Gasteiger partial charge on any atom is 0.237 e. The van der Waals surface area contributed by atoms with Crippen molar-refractivity contribution in [2.24, 2.45) is 11.8 Å². The number of piperidine rings is 1. The van der Waals surface area contributed by atoms with Crippen molar-refractivity contribution in [2.75, 3.05) is 26.2 Å². The molecule has 5 nitrogen and oxygen atoms in total. The number of hydrogen-bond acceptors (Lipinski definition) is 4. The number of fused-ring (bicyclic) bond motifs is 1. The van der Waals surface area contributed by atoms with E-state index >= 15 is 0 Å². The normalized spacial score (nSPS) is 25.8. The summed E-state index contributed by atoms with van der Waals surface area (Å²) in [5.41, 5.74) is 1.03. The summed E-state index contributed by atoms with van der Waals surface area (Å²) in [5, 5.41) is 14.2. The van der Waals surface area contributed by atoms with Gasteiger partial charge in [0.05, 0.1) is 12.1 Å². The van der Waals surface area contributed by atoms with Crippen molar-refractivity contribution in [1.82, 2.24) is 15.1 Å². The van der Waals surface area contributed by atoms with E-state index in [1.165, 1.54) is 31.2 Å². The minimum absolute atomic E-state index is 0.125. The van der Waals surface area contributed by atoms with E-state index in [0.29, 0.717) is 24.9 Å². The molecule has 1 amide bonds. The largest absolute Gasteiger partial charge is 0.390 e. The second-order valence-corrected chi connectivity index (χ2v) is 10.7. The third-order valence-corrected chi connectivity index (χ3v) is 6.91. The molecule has 1 aliphatic carbocycles. The average Bonchev–Trinajstić information content (AvgIpc) is 2.72. The summed E-state index contributed by atoms with van der Waals surface area (Å²) in [6.45, 7) is 12.1. The first-order valence-electron chi connectivity index (χ1n) is 12.3. The van der Waals surface area contributed by atoms with E-state index in [1.54, 1.807) is 0 Å². The first-order chi connectivity index (χ1) is 14.7. The summed E-state index contributed by atoms with van der Waals surface area (Å²) >= 11 is 0. The Morgan fingerprint density at radius 1 is 1.19 bits per heavy atom. The van der Waals surface area contributed by atoms with Crippen LogP contribution in [0, 0.1) is 11.8 Å². The Balaban J connectivity index is 1.64. The van der Waals surface area contributed by atoms with Crippen LogP contribution in [-0.2, 0) is 11.3 Å². The molecule has 0 radical (unpaired) electrons. The molecule has 1 saturated heterocycles. The van der Waals surface area contributed by atoms with Crippen LogP contribution >= 0.6 is 0 Å². The molecule has 4 atom stereocenters. The molecule has 0 unspecified atom stereocenters. The van der Waals surface area contributed by atoms with Gasteiger partial charge < -0.3 is 10.4 Å². The lowest BCUT2D eigenvalue weighted by molar-refractivity contribution is -0.132. The lowest BCUT2D eigenvalue weighted by Crippen LogP contribution is -2.59. The van der Waals surface area contributed by atoms with Gasteiger partial charge in [0.15, 0.2) is 0 Å². The van der Waals surface area contributed by atoms with Gasteiger partial charge in [0, 0.05) is 31.7 Å². The predicted molar refractivity (Wildman–Crippen MR) is 127 cm³/mol. The molecular formula is C26H43N3O2. The van der Waals surface area contributed by atoms with Gasteiger partial charge in [0.2, 0.25) is 5.91 Å². The van der Waals surface area contributed by atoms with Crippen molar-refractivity contribution < 1.29 is 9.90 Å². The van der Waals surface area contributed by atoms with Crippen LogP contribution in [0.5, 0.6) is 0 Å². The molecule has 3 rings (SSSR count). The molecule has 0 bridgehead atoms. The molecule has 1 aliphatic heterocycles. The molecule has 2 fully saturated rings. The quantitative estimate of drug-likeness (QED) is 0.662. The molecule has 174 valence electrons. The smallest absolute Gasteiger partial charge is 0.237 e. The van der Waals surface area contributed by atoms with Gasteiger partial charge in [-0.3, -0.25) is 14.6 Å². The Morgan fingerprint density at radius 3 is 2.52 bits per heavy atom. The van der Waals surface area contributed by atoms with E-state index in [-0.39, 0.29) is 17.5 Å². The number of β-amino-alcohol motifs (C(OH)–C–C–N with tert-alkyl or cyclic N) is 1. The van der Waals surface area contributed by atoms with Crippen molar-refractivity contribution in [3.63, 3.8) is 0 Å². The molecule has 1 aromatic carbocycles. The number of aliphatic hydroxyl groups is 1. The van der Waals surface area contributed by atoms with Gasteiger partial charge in [-0.15, -0.1) is 0 Å². The Bertz CT molecular complexity index is 688.